The van der Waals surface area contributed by atoms with Gasteiger partial charge in [-0.05, 0) is 106 Å². The number of aromatic amines is 3. The molecule has 9 heteroatoms. The molecule has 3 aromatic rings. The van der Waals surface area contributed by atoms with Gasteiger partial charge in [0.2, 0.25) is 0 Å². The average molecular weight is 665 g/mol. The number of rotatable bonds is 8. The number of methoxy groups -OCH3 is 1. The lowest BCUT2D eigenvalue weighted by Crippen LogP contribution is -2.38. The van der Waals surface area contributed by atoms with Crippen molar-refractivity contribution in [3.8, 4) is 0 Å². The number of hydrogen-bond acceptors (Lipinski definition) is 6. The van der Waals surface area contributed by atoms with E-state index in [1.54, 1.807) is 0 Å². The van der Waals surface area contributed by atoms with Crippen LogP contribution in [-0.2, 0) is 25.5 Å². The topological polar surface area (TPSA) is 132 Å². The maximum atomic E-state index is 13.5. The maximum absolute atomic E-state index is 13.5. The van der Waals surface area contributed by atoms with E-state index in [2.05, 4.69) is 72.8 Å². The minimum Gasteiger partial charge on any atom is -0.510 e. The summed E-state index contributed by atoms with van der Waals surface area (Å²) in [6.07, 6.45) is 11.7. The Kier molecular flexibility index (Phi) is 9.13. The molecule has 0 spiro atoms. The zero-order valence-electron chi connectivity index (χ0n) is 29.8. The predicted octanol–water partition coefficient (Wildman–Crippen LogP) is 3.95. The van der Waals surface area contributed by atoms with Crippen LogP contribution >= 0.6 is 0 Å². The second kappa shape index (κ2) is 13.2. The molecule has 3 aromatic heterocycles. The van der Waals surface area contributed by atoms with E-state index in [0.717, 1.165) is 67.7 Å². The van der Waals surface area contributed by atoms with Gasteiger partial charge < -0.3 is 34.8 Å². The molecule has 258 valence electrons. The smallest absolute Gasteiger partial charge is 0.320 e. The molecule has 1 unspecified atom stereocenters. The van der Waals surface area contributed by atoms with Crippen LogP contribution in [0.2, 0.25) is 0 Å². The highest BCUT2D eigenvalue weighted by Crippen LogP contribution is 2.42. The van der Waals surface area contributed by atoms with E-state index in [9.17, 15) is 14.7 Å². The van der Waals surface area contributed by atoms with Crippen LogP contribution in [-0.4, -0.2) is 51.8 Å². The first-order valence-corrected chi connectivity index (χ1v) is 17.2. The molecular formula is C40H48N4O5. The molecule has 3 aliphatic rings. The van der Waals surface area contributed by atoms with Crippen LogP contribution in [0.15, 0.2) is 23.9 Å². The fourth-order valence-corrected chi connectivity index (χ4v) is 7.94. The Bertz CT molecular complexity index is 2180. The number of carbonyl (C=O) groups is 2. The van der Waals surface area contributed by atoms with Crippen LogP contribution in [0.4, 0.5) is 0 Å². The molecule has 9 nitrogen and oxygen atoms in total. The molecule has 1 aliphatic carbocycles. The van der Waals surface area contributed by atoms with Crippen LogP contribution in [0.3, 0.4) is 0 Å². The molecule has 5 heterocycles. The van der Waals surface area contributed by atoms with Crippen molar-refractivity contribution in [2.75, 3.05) is 13.7 Å². The standard InChI is InChI=1S/C40H48N4O5/c1-10-24-20(5)27-16-29-22(7)26(12-13-33(45)49-15-14-19(3)4)37(43-29)35-36(40(47)48-9)39(46)34-23(8)30(44-38(34)35)18-32-25(11-2)21(6)28(42-32)17-31(24)41-27/h10,14,16-18,22,26,36-37,41-44,46H,1,11-13,15H2,2-9H3/b28-17?,29-16+,32-18-/t22-,26-,36+,37?/m0/s1. The molecule has 49 heavy (non-hydrogen) atoms. The van der Waals surface area contributed by atoms with Gasteiger partial charge in [-0.1, -0.05) is 32.1 Å². The van der Waals surface area contributed by atoms with Crippen molar-refractivity contribution in [3.63, 3.8) is 0 Å². The van der Waals surface area contributed by atoms with Crippen LogP contribution in [0, 0.1) is 38.5 Å². The predicted molar refractivity (Wildman–Crippen MR) is 194 cm³/mol. The van der Waals surface area contributed by atoms with E-state index < -0.39 is 11.9 Å². The zero-order valence-corrected chi connectivity index (χ0v) is 29.8. The summed E-state index contributed by atoms with van der Waals surface area (Å²) >= 11 is 0. The lowest BCUT2D eigenvalue weighted by molar-refractivity contribution is -0.143. The number of nitrogens with one attached hydrogen (secondary N) is 4. The number of carbonyl (C=O) groups excluding carboxylic acids is 2. The first-order chi connectivity index (χ1) is 23.4. The molecule has 4 atom stereocenters. The van der Waals surface area contributed by atoms with E-state index in [0.29, 0.717) is 17.0 Å². The summed E-state index contributed by atoms with van der Waals surface area (Å²) < 4.78 is 10.8. The van der Waals surface area contributed by atoms with E-state index in [-0.39, 0.29) is 42.6 Å². The summed E-state index contributed by atoms with van der Waals surface area (Å²) in [4.78, 5) is 37.3. The van der Waals surface area contributed by atoms with E-state index in [1.807, 2.05) is 32.9 Å². The molecule has 0 saturated carbocycles. The molecule has 2 aliphatic heterocycles. The van der Waals surface area contributed by atoms with Gasteiger partial charge in [-0.2, -0.15) is 0 Å². The first-order valence-electron chi connectivity index (χ1n) is 17.2. The minimum absolute atomic E-state index is 0.0208. The fraction of sp³-hybridized carbons (Fsp3) is 0.400. The normalized spacial score (nSPS) is 22.4. The molecule has 1 saturated heterocycles. The summed E-state index contributed by atoms with van der Waals surface area (Å²) in [5.74, 6) is -1.93. The minimum atomic E-state index is -0.986. The van der Waals surface area contributed by atoms with Crippen LogP contribution in [0.1, 0.15) is 85.4 Å². The number of fused-ring (bicyclic) bond motifs is 8. The van der Waals surface area contributed by atoms with Crippen molar-refractivity contribution in [2.24, 2.45) is 17.8 Å². The Labute approximate surface area is 286 Å². The van der Waals surface area contributed by atoms with Crippen LogP contribution in [0.25, 0.3) is 35.6 Å². The van der Waals surface area contributed by atoms with Crippen molar-refractivity contribution >= 4 is 47.6 Å². The third-order valence-corrected chi connectivity index (χ3v) is 10.7. The van der Waals surface area contributed by atoms with E-state index in [4.69, 9.17) is 9.47 Å². The summed E-state index contributed by atoms with van der Waals surface area (Å²) in [7, 11) is 1.34. The van der Waals surface area contributed by atoms with Gasteiger partial charge in [0.15, 0.2) is 0 Å². The maximum Gasteiger partial charge on any atom is 0.320 e. The molecule has 0 radical (unpaired) electrons. The van der Waals surface area contributed by atoms with E-state index in [1.165, 1.54) is 18.2 Å². The Balaban J connectivity index is 1.61. The number of allylic oxidation sites excluding steroid dienone is 2. The Morgan fingerprint density at radius 3 is 2.37 bits per heavy atom. The summed E-state index contributed by atoms with van der Waals surface area (Å²) in [5.41, 5.74) is 10.8. The SMILES string of the molecule is C=Cc1c2[nH]c(c1C)/C=C1/NC(C3=c4[nH]c(c(C)c4=C(O)[C@@H]3C(=O)OC)/C=c3\[nH]c(c(C)c3CC)=C2)[C@@H](CCC(=O)OCC=C(C)C)[C@@H]1C. The largest absolute Gasteiger partial charge is 0.510 e. The summed E-state index contributed by atoms with van der Waals surface area (Å²) in [6, 6.07) is -0.385. The summed E-state index contributed by atoms with van der Waals surface area (Å²) in [6.45, 7) is 18.8. The highest BCUT2D eigenvalue weighted by atomic mass is 16.5. The van der Waals surface area contributed by atoms with Gasteiger partial charge in [-0.25, -0.2) is 0 Å². The lowest BCUT2D eigenvalue weighted by Gasteiger charge is -2.26. The fourth-order valence-electron chi connectivity index (χ4n) is 7.94. The number of aliphatic hydroxyl groups excluding tert-OH is 1. The van der Waals surface area contributed by atoms with Crippen molar-refractivity contribution in [3.05, 3.63) is 90.1 Å². The second-order valence-electron chi connectivity index (χ2n) is 13.8. The van der Waals surface area contributed by atoms with Gasteiger partial charge in [0.05, 0.1) is 18.5 Å². The monoisotopic (exact) mass is 664 g/mol. The number of aromatic nitrogens is 3. The highest BCUT2D eigenvalue weighted by Gasteiger charge is 2.47. The number of hydrogen-bond donors (Lipinski definition) is 5. The van der Waals surface area contributed by atoms with Gasteiger partial charge in [0.1, 0.15) is 18.3 Å². The van der Waals surface area contributed by atoms with Gasteiger partial charge >= 0.3 is 11.9 Å². The van der Waals surface area contributed by atoms with Crippen LogP contribution in [0.5, 0.6) is 0 Å². The van der Waals surface area contributed by atoms with Crippen molar-refractivity contribution in [1.29, 1.82) is 0 Å². The molecule has 0 amide bonds. The molecule has 1 fully saturated rings. The Morgan fingerprint density at radius 2 is 1.69 bits per heavy atom. The quantitative estimate of drug-likeness (QED) is 0.183. The van der Waals surface area contributed by atoms with Gasteiger partial charge in [0, 0.05) is 56.6 Å². The number of aliphatic hydroxyl groups is 1. The van der Waals surface area contributed by atoms with Gasteiger partial charge in [-0.15, -0.1) is 0 Å². The summed E-state index contributed by atoms with van der Waals surface area (Å²) in [5, 5.41) is 18.9. The zero-order chi connectivity index (χ0) is 35.3. The van der Waals surface area contributed by atoms with Crippen molar-refractivity contribution < 1.29 is 24.2 Å². The molecular weight excluding hydrogens is 616 g/mol. The van der Waals surface area contributed by atoms with Crippen molar-refractivity contribution in [1.82, 2.24) is 20.3 Å². The van der Waals surface area contributed by atoms with Gasteiger partial charge in [0.25, 0.3) is 0 Å². The van der Waals surface area contributed by atoms with E-state index >= 15 is 0 Å². The lowest BCUT2D eigenvalue weighted by atomic mass is 9.80. The molecule has 0 aromatic carbocycles. The first kappa shape index (κ1) is 34.0. The average Bonchev–Trinajstić information content (AvgIpc) is 3.80. The molecule has 6 rings (SSSR count). The number of ether oxygens (including phenoxy) is 2. The Hall–Kier alpha value is -4.92. The highest BCUT2D eigenvalue weighted by molar-refractivity contribution is 5.95. The third-order valence-electron chi connectivity index (χ3n) is 10.7. The third kappa shape index (κ3) is 5.79. The second-order valence-corrected chi connectivity index (χ2v) is 13.8. The number of H-pyrrole nitrogens is 3. The molecule has 5 N–H and O–H groups in total. The van der Waals surface area contributed by atoms with Gasteiger partial charge in [-0.3, -0.25) is 9.59 Å². The Morgan fingerprint density at radius 1 is 0.980 bits per heavy atom. The molecule has 8 bridgehead atoms. The van der Waals surface area contributed by atoms with Crippen LogP contribution < -0.4 is 26.6 Å². The van der Waals surface area contributed by atoms with Crippen molar-refractivity contribution in [2.45, 2.75) is 73.8 Å². The number of esters is 2.